The van der Waals surface area contributed by atoms with Gasteiger partial charge in [-0.1, -0.05) is 18.2 Å². The molecule has 1 unspecified atom stereocenters. The van der Waals surface area contributed by atoms with E-state index in [-0.39, 0.29) is 19.0 Å². The van der Waals surface area contributed by atoms with Crippen LogP contribution in [0.5, 0.6) is 23.0 Å². The van der Waals surface area contributed by atoms with Gasteiger partial charge in [-0.05, 0) is 50.5 Å². The van der Waals surface area contributed by atoms with Crippen LogP contribution in [0.15, 0.2) is 36.4 Å². The molecule has 32 heavy (non-hydrogen) atoms. The topological polar surface area (TPSA) is 80.6 Å². The van der Waals surface area contributed by atoms with Crippen LogP contribution in [0.25, 0.3) is 0 Å². The highest BCUT2D eigenvalue weighted by Crippen LogP contribution is 2.42. The van der Waals surface area contributed by atoms with E-state index in [0.717, 1.165) is 29.0 Å². The van der Waals surface area contributed by atoms with Crippen molar-refractivity contribution in [2.45, 2.75) is 50.4 Å². The fraction of sp³-hybridized carbons (Fsp3) is 0.520. The molecule has 0 saturated carbocycles. The van der Waals surface area contributed by atoms with Crippen molar-refractivity contribution in [2.24, 2.45) is 0 Å². The molecule has 5 rings (SSSR count). The highest BCUT2D eigenvalue weighted by Gasteiger charge is 2.36. The predicted octanol–water partition coefficient (Wildman–Crippen LogP) is 2.85. The van der Waals surface area contributed by atoms with Gasteiger partial charge in [0.05, 0.1) is 5.60 Å². The van der Waals surface area contributed by atoms with Crippen molar-refractivity contribution in [1.29, 1.82) is 0 Å². The molecule has 2 aromatic carbocycles. The normalized spacial score (nSPS) is 21.6. The average Bonchev–Trinajstić information content (AvgIpc) is 3.36. The molecule has 0 bridgehead atoms. The maximum Gasteiger partial charge on any atom is 0.231 e. The molecule has 0 aliphatic carbocycles. The van der Waals surface area contributed by atoms with Crippen LogP contribution in [0.4, 0.5) is 0 Å². The van der Waals surface area contributed by atoms with Gasteiger partial charge in [-0.2, -0.15) is 0 Å². The van der Waals surface area contributed by atoms with Crippen LogP contribution in [-0.2, 0) is 12.0 Å². The lowest BCUT2D eigenvalue weighted by molar-refractivity contribution is -0.0374. The molecule has 0 amide bonds. The summed E-state index contributed by atoms with van der Waals surface area (Å²) in [5, 5.41) is 21.8. The first kappa shape index (κ1) is 21.4. The molecule has 2 N–H and O–H groups in total. The molecule has 3 aliphatic rings. The molecule has 2 aromatic rings. The summed E-state index contributed by atoms with van der Waals surface area (Å²) in [6.07, 6.45) is 1.41. The van der Waals surface area contributed by atoms with Crippen molar-refractivity contribution < 1.29 is 29.2 Å². The molecule has 1 saturated heterocycles. The molecule has 3 heterocycles. The lowest BCUT2D eigenvalue weighted by Gasteiger charge is -2.39. The Hall–Kier alpha value is -2.48. The lowest BCUT2D eigenvalue weighted by atomic mass is 9.84. The van der Waals surface area contributed by atoms with Crippen LogP contribution in [0, 0.1) is 0 Å². The van der Waals surface area contributed by atoms with Gasteiger partial charge in [0, 0.05) is 31.6 Å². The Morgan fingerprint density at radius 3 is 2.69 bits per heavy atom. The van der Waals surface area contributed by atoms with Crippen LogP contribution in [0.3, 0.4) is 0 Å². The summed E-state index contributed by atoms with van der Waals surface area (Å²) < 4.78 is 22.8. The summed E-state index contributed by atoms with van der Waals surface area (Å²) in [4.78, 5) is 2.17. The summed E-state index contributed by atoms with van der Waals surface area (Å²) >= 11 is 0. The Morgan fingerprint density at radius 1 is 1.09 bits per heavy atom. The van der Waals surface area contributed by atoms with Crippen LogP contribution in [-0.4, -0.2) is 59.9 Å². The number of para-hydroxylation sites is 1. The maximum absolute atomic E-state index is 11.2. The second-order valence-corrected chi connectivity index (χ2v) is 9.65. The van der Waals surface area contributed by atoms with Crippen LogP contribution in [0.2, 0.25) is 0 Å². The van der Waals surface area contributed by atoms with Gasteiger partial charge in [0.1, 0.15) is 18.3 Å². The molecule has 172 valence electrons. The zero-order valence-electron chi connectivity index (χ0n) is 18.7. The number of hydrogen-bond donors (Lipinski definition) is 2. The lowest BCUT2D eigenvalue weighted by Crippen LogP contribution is -2.46. The zero-order chi connectivity index (χ0) is 22.3. The van der Waals surface area contributed by atoms with Gasteiger partial charge in [-0.3, -0.25) is 0 Å². The van der Waals surface area contributed by atoms with Crippen LogP contribution in [0.1, 0.15) is 37.8 Å². The molecule has 1 fully saturated rings. The number of rotatable bonds is 6. The number of aliphatic hydroxyl groups excluding tert-OH is 1. The van der Waals surface area contributed by atoms with E-state index in [9.17, 15) is 10.2 Å². The third kappa shape index (κ3) is 4.25. The number of nitrogens with zero attached hydrogens (tertiary/aromatic N) is 1. The summed E-state index contributed by atoms with van der Waals surface area (Å²) in [5.41, 5.74) is 0.864. The number of fused-ring (bicyclic) bond motifs is 2. The number of benzene rings is 2. The first-order valence-corrected chi connectivity index (χ1v) is 11.3. The highest BCUT2D eigenvalue weighted by atomic mass is 16.7. The van der Waals surface area contributed by atoms with E-state index in [1.54, 1.807) is 0 Å². The van der Waals surface area contributed by atoms with Crippen molar-refractivity contribution in [3.8, 4) is 23.0 Å². The van der Waals surface area contributed by atoms with Crippen molar-refractivity contribution in [3.05, 3.63) is 47.5 Å². The summed E-state index contributed by atoms with van der Waals surface area (Å²) in [5.74, 6) is 2.88. The zero-order valence-corrected chi connectivity index (χ0v) is 18.7. The summed E-state index contributed by atoms with van der Waals surface area (Å²) in [7, 11) is 0. The van der Waals surface area contributed by atoms with E-state index in [2.05, 4.69) is 24.8 Å². The molecule has 7 heteroatoms. The highest BCUT2D eigenvalue weighted by molar-refractivity contribution is 5.50. The van der Waals surface area contributed by atoms with Gasteiger partial charge >= 0.3 is 0 Å². The largest absolute Gasteiger partial charge is 0.487 e. The minimum Gasteiger partial charge on any atom is -0.487 e. The first-order chi connectivity index (χ1) is 15.3. The predicted molar refractivity (Wildman–Crippen MR) is 118 cm³/mol. The fourth-order valence-corrected chi connectivity index (χ4v) is 4.82. The molecule has 0 aromatic heterocycles. The van der Waals surface area contributed by atoms with Gasteiger partial charge < -0.3 is 34.1 Å². The second-order valence-electron chi connectivity index (χ2n) is 9.65. The SMILES string of the molecule is CC1(C)Cc2cccc(OCC(O)CN3CCC(O)(c4ccc5c(c4)OCO5)CC3)c2O1. The first-order valence-electron chi connectivity index (χ1n) is 11.3. The molecule has 0 radical (unpaired) electrons. The van der Waals surface area contributed by atoms with Gasteiger partial charge in [-0.15, -0.1) is 0 Å². The van der Waals surface area contributed by atoms with E-state index in [1.807, 2.05) is 30.3 Å². The molecule has 7 nitrogen and oxygen atoms in total. The third-order valence-corrected chi connectivity index (χ3v) is 6.55. The molecular formula is C25H31NO6. The van der Waals surface area contributed by atoms with Crippen LogP contribution >= 0.6 is 0 Å². The summed E-state index contributed by atoms with van der Waals surface area (Å²) in [6.45, 7) is 6.43. The third-order valence-electron chi connectivity index (χ3n) is 6.55. The second kappa shape index (κ2) is 8.14. The van der Waals surface area contributed by atoms with Crippen molar-refractivity contribution in [2.75, 3.05) is 33.0 Å². The monoisotopic (exact) mass is 441 g/mol. The van der Waals surface area contributed by atoms with E-state index < -0.39 is 11.7 Å². The van der Waals surface area contributed by atoms with E-state index >= 15 is 0 Å². The van der Waals surface area contributed by atoms with E-state index in [0.29, 0.717) is 44.0 Å². The smallest absolute Gasteiger partial charge is 0.231 e. The number of aliphatic hydroxyl groups is 2. The van der Waals surface area contributed by atoms with Crippen molar-refractivity contribution >= 4 is 0 Å². The van der Waals surface area contributed by atoms with Gasteiger partial charge in [0.2, 0.25) is 6.79 Å². The van der Waals surface area contributed by atoms with E-state index in [1.165, 1.54) is 0 Å². The van der Waals surface area contributed by atoms with Crippen molar-refractivity contribution in [3.63, 3.8) is 0 Å². The number of β-amino-alcohol motifs (C(OH)–C–C–N with tert-alkyl or cyclic N) is 1. The molecule has 3 aliphatic heterocycles. The Balaban J connectivity index is 1.13. The minimum absolute atomic E-state index is 0.198. The van der Waals surface area contributed by atoms with Gasteiger partial charge in [-0.25, -0.2) is 0 Å². The fourth-order valence-electron chi connectivity index (χ4n) is 4.82. The Labute approximate surface area is 188 Å². The Morgan fingerprint density at radius 2 is 1.88 bits per heavy atom. The van der Waals surface area contributed by atoms with Crippen LogP contribution < -0.4 is 18.9 Å². The van der Waals surface area contributed by atoms with Gasteiger partial charge in [0.15, 0.2) is 23.0 Å². The summed E-state index contributed by atoms with van der Waals surface area (Å²) in [6, 6.07) is 11.6. The maximum atomic E-state index is 11.2. The van der Waals surface area contributed by atoms with Crippen molar-refractivity contribution in [1.82, 2.24) is 4.90 Å². The molecule has 0 spiro atoms. The Bertz CT molecular complexity index is 982. The number of hydrogen-bond acceptors (Lipinski definition) is 7. The van der Waals surface area contributed by atoms with Gasteiger partial charge in [0.25, 0.3) is 0 Å². The quantitative estimate of drug-likeness (QED) is 0.714. The standard InChI is InChI=1S/C25H31NO6/c1-24(2)13-17-4-3-5-21(23(17)32-24)29-15-19(27)14-26-10-8-25(28,9-11-26)18-6-7-20-22(12-18)31-16-30-20/h3-7,12,19,27-28H,8-11,13-16H2,1-2H3. The number of likely N-dealkylation sites (tertiary alicyclic amines) is 1. The Kier molecular flexibility index (Phi) is 5.43. The number of piperidine rings is 1. The number of ether oxygens (including phenoxy) is 4. The van der Waals surface area contributed by atoms with E-state index in [4.69, 9.17) is 18.9 Å². The molecular weight excluding hydrogens is 410 g/mol. The average molecular weight is 442 g/mol. The minimum atomic E-state index is -0.895. The molecule has 1 atom stereocenters.